The summed E-state index contributed by atoms with van der Waals surface area (Å²) >= 11 is 0. The highest BCUT2D eigenvalue weighted by Crippen LogP contribution is 2.20. The van der Waals surface area contributed by atoms with Gasteiger partial charge in [0.15, 0.2) is 0 Å². The summed E-state index contributed by atoms with van der Waals surface area (Å²) in [5.74, 6) is 0.981. The molecule has 2 N–H and O–H groups in total. The van der Waals surface area contributed by atoms with Gasteiger partial charge in [0.05, 0.1) is 25.1 Å². The van der Waals surface area contributed by atoms with Gasteiger partial charge in [0.2, 0.25) is 0 Å². The SMILES string of the molecule is COc1ccc(Cc2c(CO)nnn2-c2ccc(O)cc2)cc1. The zero-order chi connectivity index (χ0) is 16.2. The molecule has 6 heteroatoms. The number of rotatable bonds is 5. The number of phenolic OH excluding ortho intramolecular Hbond substituents is 1. The lowest BCUT2D eigenvalue weighted by Gasteiger charge is -2.08. The standard InChI is InChI=1S/C17H17N3O3/c1-23-15-8-2-12(3-9-15)10-17-16(11-21)18-19-20(17)13-4-6-14(22)7-5-13/h2-9,21-22H,10-11H2,1H3. The zero-order valence-corrected chi connectivity index (χ0v) is 12.7. The number of nitrogens with zero attached hydrogens (tertiary/aromatic N) is 3. The first-order valence-electron chi connectivity index (χ1n) is 7.18. The van der Waals surface area contributed by atoms with Crippen molar-refractivity contribution in [2.24, 2.45) is 0 Å². The smallest absolute Gasteiger partial charge is 0.118 e. The molecule has 0 atom stereocenters. The molecule has 0 saturated carbocycles. The Balaban J connectivity index is 1.96. The molecule has 0 amide bonds. The number of aromatic hydroxyl groups is 1. The van der Waals surface area contributed by atoms with Crippen molar-refractivity contribution in [1.29, 1.82) is 0 Å². The number of phenols is 1. The van der Waals surface area contributed by atoms with Gasteiger partial charge in [-0.15, -0.1) is 5.10 Å². The number of methoxy groups -OCH3 is 1. The number of ether oxygens (including phenoxy) is 1. The Kier molecular flexibility index (Phi) is 4.25. The number of aliphatic hydroxyl groups excluding tert-OH is 1. The first-order valence-corrected chi connectivity index (χ1v) is 7.18. The summed E-state index contributed by atoms with van der Waals surface area (Å²) < 4.78 is 6.84. The first-order chi connectivity index (χ1) is 11.2. The van der Waals surface area contributed by atoms with E-state index in [0.717, 1.165) is 22.7 Å². The van der Waals surface area contributed by atoms with Crippen LogP contribution >= 0.6 is 0 Å². The van der Waals surface area contributed by atoms with Crippen molar-refractivity contribution < 1.29 is 14.9 Å². The van der Waals surface area contributed by atoms with E-state index in [0.29, 0.717) is 12.1 Å². The minimum atomic E-state index is -0.177. The highest BCUT2D eigenvalue weighted by atomic mass is 16.5. The minimum absolute atomic E-state index is 0.177. The van der Waals surface area contributed by atoms with E-state index in [4.69, 9.17) is 4.74 Å². The summed E-state index contributed by atoms with van der Waals surface area (Å²) in [5, 5.41) is 27.1. The van der Waals surface area contributed by atoms with Crippen LogP contribution in [0, 0.1) is 0 Å². The van der Waals surface area contributed by atoms with Crippen LogP contribution in [-0.4, -0.2) is 32.3 Å². The monoisotopic (exact) mass is 311 g/mol. The van der Waals surface area contributed by atoms with Crippen LogP contribution in [0.25, 0.3) is 5.69 Å². The number of benzene rings is 2. The van der Waals surface area contributed by atoms with Crippen LogP contribution in [0.4, 0.5) is 0 Å². The zero-order valence-electron chi connectivity index (χ0n) is 12.7. The van der Waals surface area contributed by atoms with Crippen LogP contribution in [0.5, 0.6) is 11.5 Å². The average Bonchev–Trinajstić information content (AvgIpc) is 2.99. The normalized spacial score (nSPS) is 10.7. The van der Waals surface area contributed by atoms with Crippen LogP contribution in [0.1, 0.15) is 17.0 Å². The second kappa shape index (κ2) is 6.50. The van der Waals surface area contributed by atoms with Gasteiger partial charge in [0.25, 0.3) is 0 Å². The Labute approximate surface area is 133 Å². The molecule has 3 rings (SSSR count). The summed E-state index contributed by atoms with van der Waals surface area (Å²) in [6.45, 7) is -0.177. The second-order valence-electron chi connectivity index (χ2n) is 5.09. The van der Waals surface area contributed by atoms with Gasteiger partial charge in [-0.3, -0.25) is 0 Å². The lowest BCUT2D eigenvalue weighted by Crippen LogP contribution is -2.05. The van der Waals surface area contributed by atoms with E-state index in [2.05, 4.69) is 10.3 Å². The fourth-order valence-corrected chi connectivity index (χ4v) is 2.37. The van der Waals surface area contributed by atoms with E-state index in [-0.39, 0.29) is 12.4 Å². The molecule has 2 aromatic carbocycles. The van der Waals surface area contributed by atoms with E-state index in [1.165, 1.54) is 0 Å². The summed E-state index contributed by atoms with van der Waals surface area (Å²) in [7, 11) is 1.63. The lowest BCUT2D eigenvalue weighted by molar-refractivity contribution is 0.275. The summed E-state index contributed by atoms with van der Waals surface area (Å²) in [5.41, 5.74) is 3.18. The molecule has 1 aromatic heterocycles. The van der Waals surface area contributed by atoms with E-state index in [1.54, 1.807) is 36.1 Å². The molecular formula is C17H17N3O3. The van der Waals surface area contributed by atoms with Gasteiger partial charge >= 0.3 is 0 Å². The number of aliphatic hydroxyl groups is 1. The van der Waals surface area contributed by atoms with E-state index in [1.807, 2.05) is 24.3 Å². The lowest BCUT2D eigenvalue weighted by atomic mass is 10.1. The van der Waals surface area contributed by atoms with Crippen LogP contribution < -0.4 is 4.74 Å². The van der Waals surface area contributed by atoms with Crippen molar-refractivity contribution >= 4 is 0 Å². The van der Waals surface area contributed by atoms with Crippen LogP contribution in [-0.2, 0) is 13.0 Å². The van der Waals surface area contributed by atoms with Crippen molar-refractivity contribution in [2.45, 2.75) is 13.0 Å². The molecule has 3 aromatic rings. The van der Waals surface area contributed by atoms with Gasteiger partial charge in [-0.25, -0.2) is 4.68 Å². The molecule has 23 heavy (non-hydrogen) atoms. The molecule has 0 bridgehead atoms. The van der Waals surface area contributed by atoms with Crippen molar-refractivity contribution in [3.8, 4) is 17.2 Å². The Morgan fingerprint density at radius 1 is 1.04 bits per heavy atom. The van der Waals surface area contributed by atoms with Gasteiger partial charge in [0, 0.05) is 6.42 Å². The van der Waals surface area contributed by atoms with Gasteiger partial charge < -0.3 is 14.9 Å². The third-order valence-electron chi connectivity index (χ3n) is 3.62. The highest BCUT2D eigenvalue weighted by molar-refractivity contribution is 5.39. The molecule has 0 saturated heterocycles. The maximum atomic E-state index is 9.51. The molecule has 0 aliphatic rings. The summed E-state index contributed by atoms with van der Waals surface area (Å²) in [6, 6.07) is 14.4. The molecule has 118 valence electrons. The van der Waals surface area contributed by atoms with Crippen molar-refractivity contribution in [2.75, 3.05) is 7.11 Å². The van der Waals surface area contributed by atoms with Gasteiger partial charge in [-0.05, 0) is 42.0 Å². The van der Waals surface area contributed by atoms with Crippen LogP contribution in [0.15, 0.2) is 48.5 Å². The molecule has 1 heterocycles. The van der Waals surface area contributed by atoms with Gasteiger partial charge in [-0.2, -0.15) is 0 Å². The quantitative estimate of drug-likeness (QED) is 0.754. The van der Waals surface area contributed by atoms with E-state index >= 15 is 0 Å². The summed E-state index contributed by atoms with van der Waals surface area (Å²) in [6.07, 6.45) is 0.577. The average molecular weight is 311 g/mol. The maximum Gasteiger partial charge on any atom is 0.118 e. The molecule has 6 nitrogen and oxygen atoms in total. The minimum Gasteiger partial charge on any atom is -0.508 e. The molecule has 0 spiro atoms. The van der Waals surface area contributed by atoms with Crippen LogP contribution in [0.3, 0.4) is 0 Å². The van der Waals surface area contributed by atoms with Crippen molar-refractivity contribution in [3.63, 3.8) is 0 Å². The molecule has 0 fully saturated rings. The Bertz CT molecular complexity index is 780. The van der Waals surface area contributed by atoms with Gasteiger partial charge in [-0.1, -0.05) is 17.3 Å². The van der Waals surface area contributed by atoms with E-state index < -0.39 is 0 Å². The van der Waals surface area contributed by atoms with Crippen molar-refractivity contribution in [1.82, 2.24) is 15.0 Å². The Hall–Kier alpha value is -2.86. The first kappa shape index (κ1) is 15.1. The predicted molar refractivity (Wildman–Crippen MR) is 84.7 cm³/mol. The third-order valence-corrected chi connectivity index (χ3v) is 3.62. The number of hydrogen-bond acceptors (Lipinski definition) is 5. The maximum absolute atomic E-state index is 9.51. The predicted octanol–water partition coefficient (Wildman–Crippen LogP) is 2.06. The topological polar surface area (TPSA) is 80.4 Å². The Morgan fingerprint density at radius 2 is 1.74 bits per heavy atom. The number of hydrogen-bond donors (Lipinski definition) is 2. The molecule has 0 radical (unpaired) electrons. The molecule has 0 aliphatic carbocycles. The molecular weight excluding hydrogens is 294 g/mol. The fourth-order valence-electron chi connectivity index (χ4n) is 2.37. The number of aromatic nitrogens is 3. The van der Waals surface area contributed by atoms with Gasteiger partial charge in [0.1, 0.15) is 17.2 Å². The van der Waals surface area contributed by atoms with Crippen LogP contribution in [0.2, 0.25) is 0 Å². The third kappa shape index (κ3) is 3.17. The van der Waals surface area contributed by atoms with E-state index in [9.17, 15) is 10.2 Å². The molecule has 0 unspecified atom stereocenters. The fraction of sp³-hybridized carbons (Fsp3) is 0.176. The largest absolute Gasteiger partial charge is 0.508 e. The second-order valence-corrected chi connectivity index (χ2v) is 5.09. The van der Waals surface area contributed by atoms with Crippen molar-refractivity contribution in [3.05, 3.63) is 65.5 Å². The highest BCUT2D eigenvalue weighted by Gasteiger charge is 2.14. The summed E-state index contributed by atoms with van der Waals surface area (Å²) in [4.78, 5) is 0. The molecule has 0 aliphatic heterocycles. The Morgan fingerprint density at radius 3 is 2.35 bits per heavy atom.